The zero-order valence-corrected chi connectivity index (χ0v) is 12.1. The Kier molecular flexibility index (Phi) is 3.72. The highest BCUT2D eigenvalue weighted by molar-refractivity contribution is 5.34. The summed E-state index contributed by atoms with van der Waals surface area (Å²) in [5, 5.41) is 0. The van der Waals surface area contributed by atoms with Gasteiger partial charge in [0, 0.05) is 11.9 Å². The average Bonchev–Trinajstić information content (AvgIpc) is 2.38. The minimum absolute atomic E-state index is 0.109. The van der Waals surface area contributed by atoms with Crippen LogP contribution in [0.4, 0.5) is 0 Å². The molecule has 0 fully saturated rings. The highest BCUT2D eigenvalue weighted by Crippen LogP contribution is 2.25. The smallest absolute Gasteiger partial charge is 0.0566 e. The van der Waals surface area contributed by atoms with Crippen molar-refractivity contribution in [2.45, 2.75) is 39.2 Å². The van der Waals surface area contributed by atoms with Gasteiger partial charge in [-0.05, 0) is 35.1 Å². The van der Waals surface area contributed by atoms with E-state index in [-0.39, 0.29) is 11.5 Å². The van der Waals surface area contributed by atoms with E-state index in [1.807, 2.05) is 25.3 Å². The molecule has 1 heterocycles. The summed E-state index contributed by atoms with van der Waals surface area (Å²) in [6.07, 6.45) is 1.86. The van der Waals surface area contributed by atoms with Crippen LogP contribution in [-0.2, 0) is 5.41 Å². The largest absolute Gasteiger partial charge is 0.320 e. The molecule has 0 spiro atoms. The SMILES string of the molecule is Cc1ccc(C(N)c2ccc(C(C)(C)C)cc2)cn1. The normalized spacial score (nSPS) is 13.3. The molecule has 19 heavy (non-hydrogen) atoms. The van der Waals surface area contributed by atoms with E-state index in [9.17, 15) is 0 Å². The molecule has 2 rings (SSSR count). The van der Waals surface area contributed by atoms with Gasteiger partial charge in [-0.3, -0.25) is 4.98 Å². The Bertz CT molecular complexity index is 533. The molecule has 2 N–H and O–H groups in total. The highest BCUT2D eigenvalue weighted by Gasteiger charge is 2.14. The van der Waals surface area contributed by atoms with E-state index in [2.05, 4.69) is 50.0 Å². The first kappa shape index (κ1) is 13.8. The van der Waals surface area contributed by atoms with Crippen LogP contribution >= 0.6 is 0 Å². The third kappa shape index (κ3) is 3.21. The van der Waals surface area contributed by atoms with Gasteiger partial charge in [-0.25, -0.2) is 0 Å². The maximum atomic E-state index is 6.29. The summed E-state index contributed by atoms with van der Waals surface area (Å²) in [7, 11) is 0. The molecule has 0 bridgehead atoms. The van der Waals surface area contributed by atoms with Crippen LogP contribution in [0.5, 0.6) is 0 Å². The lowest BCUT2D eigenvalue weighted by atomic mass is 9.86. The molecule has 1 aromatic heterocycles. The van der Waals surface area contributed by atoms with Gasteiger partial charge in [-0.2, -0.15) is 0 Å². The Morgan fingerprint density at radius 1 is 0.947 bits per heavy atom. The first-order valence-electron chi connectivity index (χ1n) is 6.66. The number of nitrogens with two attached hydrogens (primary N) is 1. The van der Waals surface area contributed by atoms with Gasteiger partial charge in [0.05, 0.1) is 6.04 Å². The van der Waals surface area contributed by atoms with Crippen LogP contribution in [0.25, 0.3) is 0 Å². The first-order valence-corrected chi connectivity index (χ1v) is 6.66. The van der Waals surface area contributed by atoms with Crippen LogP contribution < -0.4 is 5.73 Å². The van der Waals surface area contributed by atoms with Crippen molar-refractivity contribution in [3.63, 3.8) is 0 Å². The molecule has 1 unspecified atom stereocenters. The van der Waals surface area contributed by atoms with Gasteiger partial charge in [-0.15, -0.1) is 0 Å². The Hall–Kier alpha value is -1.67. The van der Waals surface area contributed by atoms with E-state index in [1.54, 1.807) is 0 Å². The van der Waals surface area contributed by atoms with Crippen LogP contribution in [0.1, 0.15) is 49.2 Å². The lowest BCUT2D eigenvalue weighted by Gasteiger charge is -2.20. The zero-order chi connectivity index (χ0) is 14.0. The molecule has 0 aliphatic carbocycles. The summed E-state index contributed by atoms with van der Waals surface area (Å²) in [5.74, 6) is 0. The van der Waals surface area contributed by atoms with E-state index in [0.29, 0.717) is 0 Å². The van der Waals surface area contributed by atoms with Crippen molar-refractivity contribution in [3.8, 4) is 0 Å². The lowest BCUT2D eigenvalue weighted by molar-refractivity contribution is 0.589. The van der Waals surface area contributed by atoms with Crippen LogP contribution in [0, 0.1) is 6.92 Å². The fourth-order valence-corrected chi connectivity index (χ4v) is 2.05. The maximum Gasteiger partial charge on any atom is 0.0566 e. The molecule has 100 valence electrons. The van der Waals surface area contributed by atoms with Gasteiger partial charge in [0.25, 0.3) is 0 Å². The van der Waals surface area contributed by atoms with Gasteiger partial charge < -0.3 is 5.73 Å². The monoisotopic (exact) mass is 254 g/mol. The van der Waals surface area contributed by atoms with E-state index in [1.165, 1.54) is 5.56 Å². The Labute approximate surface area is 115 Å². The number of aryl methyl sites for hydroxylation is 1. The molecular weight excluding hydrogens is 232 g/mol. The summed E-state index contributed by atoms with van der Waals surface area (Å²) < 4.78 is 0. The minimum atomic E-state index is -0.109. The van der Waals surface area contributed by atoms with Crippen molar-refractivity contribution in [2.75, 3.05) is 0 Å². The third-order valence-corrected chi connectivity index (χ3v) is 3.43. The number of hydrogen-bond acceptors (Lipinski definition) is 2. The number of pyridine rings is 1. The maximum absolute atomic E-state index is 6.29. The van der Waals surface area contributed by atoms with Crippen molar-refractivity contribution in [2.24, 2.45) is 5.73 Å². The van der Waals surface area contributed by atoms with E-state index in [4.69, 9.17) is 5.73 Å². The molecule has 2 nitrogen and oxygen atoms in total. The number of benzene rings is 1. The minimum Gasteiger partial charge on any atom is -0.320 e. The number of rotatable bonds is 2. The van der Waals surface area contributed by atoms with Crippen molar-refractivity contribution >= 4 is 0 Å². The number of aromatic nitrogens is 1. The van der Waals surface area contributed by atoms with Crippen molar-refractivity contribution in [3.05, 3.63) is 65.0 Å². The summed E-state index contributed by atoms with van der Waals surface area (Å²) in [6.45, 7) is 8.62. The van der Waals surface area contributed by atoms with Gasteiger partial charge >= 0.3 is 0 Å². The molecule has 2 heteroatoms. The molecule has 0 saturated carbocycles. The Morgan fingerprint density at radius 2 is 1.53 bits per heavy atom. The Morgan fingerprint density at radius 3 is 2.00 bits per heavy atom. The fraction of sp³-hybridized carbons (Fsp3) is 0.353. The predicted octanol–water partition coefficient (Wildman–Crippen LogP) is 3.74. The molecule has 0 aliphatic rings. The molecule has 0 aliphatic heterocycles. The van der Waals surface area contributed by atoms with Crippen LogP contribution in [0.3, 0.4) is 0 Å². The van der Waals surface area contributed by atoms with Gasteiger partial charge in [0.15, 0.2) is 0 Å². The van der Waals surface area contributed by atoms with Crippen molar-refractivity contribution < 1.29 is 0 Å². The predicted molar refractivity (Wildman–Crippen MR) is 80.1 cm³/mol. The van der Waals surface area contributed by atoms with Crippen LogP contribution in [0.2, 0.25) is 0 Å². The summed E-state index contributed by atoms with van der Waals surface area (Å²) in [5.41, 5.74) is 11.0. The van der Waals surface area contributed by atoms with E-state index < -0.39 is 0 Å². The molecule has 0 amide bonds. The number of nitrogens with zero attached hydrogens (tertiary/aromatic N) is 1. The average molecular weight is 254 g/mol. The summed E-state index contributed by atoms with van der Waals surface area (Å²) in [6, 6.07) is 12.5. The fourth-order valence-electron chi connectivity index (χ4n) is 2.05. The summed E-state index contributed by atoms with van der Waals surface area (Å²) in [4.78, 5) is 4.30. The second-order valence-electron chi connectivity index (χ2n) is 6.08. The molecule has 1 atom stereocenters. The number of hydrogen-bond donors (Lipinski definition) is 1. The Balaban J connectivity index is 2.25. The first-order chi connectivity index (χ1) is 8.88. The molecular formula is C17H22N2. The molecule has 0 saturated heterocycles. The molecule has 1 aromatic carbocycles. The summed E-state index contributed by atoms with van der Waals surface area (Å²) >= 11 is 0. The third-order valence-electron chi connectivity index (χ3n) is 3.43. The van der Waals surface area contributed by atoms with Gasteiger partial charge in [0.1, 0.15) is 0 Å². The zero-order valence-electron chi connectivity index (χ0n) is 12.1. The van der Waals surface area contributed by atoms with Crippen molar-refractivity contribution in [1.29, 1.82) is 0 Å². The van der Waals surface area contributed by atoms with Crippen molar-refractivity contribution in [1.82, 2.24) is 4.98 Å². The van der Waals surface area contributed by atoms with Gasteiger partial charge in [0.2, 0.25) is 0 Å². The van der Waals surface area contributed by atoms with E-state index >= 15 is 0 Å². The second-order valence-corrected chi connectivity index (χ2v) is 6.08. The highest BCUT2D eigenvalue weighted by atomic mass is 14.7. The second kappa shape index (κ2) is 5.14. The lowest BCUT2D eigenvalue weighted by Crippen LogP contribution is -2.14. The quantitative estimate of drug-likeness (QED) is 0.886. The molecule has 0 radical (unpaired) electrons. The topological polar surface area (TPSA) is 38.9 Å². The molecule has 2 aromatic rings. The van der Waals surface area contributed by atoms with E-state index in [0.717, 1.165) is 16.8 Å². The standard InChI is InChI=1S/C17H22N2/c1-12-5-6-14(11-19-12)16(18)13-7-9-15(10-8-13)17(2,3)4/h5-11,16H,18H2,1-4H3. The van der Waals surface area contributed by atoms with Crippen LogP contribution in [0.15, 0.2) is 42.6 Å². The van der Waals surface area contributed by atoms with Gasteiger partial charge in [-0.1, -0.05) is 51.1 Å². The van der Waals surface area contributed by atoms with Crippen LogP contribution in [-0.4, -0.2) is 4.98 Å².